The largest absolute Gasteiger partial charge is 0.496 e. The normalized spacial score (nSPS) is 11.2. The molecule has 0 aliphatic heterocycles. The minimum Gasteiger partial charge on any atom is -0.496 e. The van der Waals surface area contributed by atoms with E-state index in [9.17, 15) is 4.79 Å². The molecule has 0 atom stereocenters. The summed E-state index contributed by atoms with van der Waals surface area (Å²) in [5.41, 5.74) is 6.41. The number of nitrogens with zero attached hydrogens (tertiary/aromatic N) is 1. The van der Waals surface area contributed by atoms with Crippen LogP contribution in [0, 0.1) is 11.3 Å². The fourth-order valence-corrected chi connectivity index (χ4v) is 1.49. The summed E-state index contributed by atoms with van der Waals surface area (Å²) >= 11 is 0. The summed E-state index contributed by atoms with van der Waals surface area (Å²) in [6, 6.07) is 9.28. The first-order valence-corrected chi connectivity index (χ1v) is 5.36. The third kappa shape index (κ3) is 3.25. The predicted molar refractivity (Wildman–Crippen MR) is 67.3 cm³/mol. The van der Waals surface area contributed by atoms with Crippen LogP contribution in [0.15, 0.2) is 35.5 Å². The summed E-state index contributed by atoms with van der Waals surface area (Å²) in [7, 11) is 1.59. The fourth-order valence-electron chi connectivity index (χ4n) is 1.49. The fraction of sp³-hybridized carbons (Fsp3) is 0.231. The topological polar surface area (TPSA) is 88.1 Å². The van der Waals surface area contributed by atoms with Gasteiger partial charge >= 0.3 is 0 Å². The zero-order valence-electron chi connectivity index (χ0n) is 10.4. The molecule has 0 bridgehead atoms. The monoisotopic (exact) mass is 245 g/mol. The molecule has 5 nitrogen and oxygen atoms in total. The Morgan fingerprint density at radius 3 is 2.72 bits per heavy atom. The number of ether oxygens (including phenoxy) is 1. The number of methoxy groups -OCH3 is 1. The van der Waals surface area contributed by atoms with Gasteiger partial charge in [-0.25, -0.2) is 0 Å². The van der Waals surface area contributed by atoms with Gasteiger partial charge in [0.05, 0.1) is 7.11 Å². The van der Waals surface area contributed by atoms with E-state index in [4.69, 9.17) is 15.7 Å². The van der Waals surface area contributed by atoms with Crippen molar-refractivity contribution in [2.24, 2.45) is 5.73 Å². The van der Waals surface area contributed by atoms with Crippen LogP contribution in [0.4, 0.5) is 0 Å². The van der Waals surface area contributed by atoms with Crippen LogP contribution in [0.25, 0.3) is 0 Å². The third-order valence-corrected chi connectivity index (χ3v) is 2.47. The molecule has 0 aromatic heterocycles. The van der Waals surface area contributed by atoms with Crippen molar-refractivity contribution in [3.63, 3.8) is 0 Å². The lowest BCUT2D eigenvalue weighted by atomic mass is 10.2. The Bertz CT molecular complexity index is 515. The smallest absolute Gasteiger partial charge is 0.261 e. The van der Waals surface area contributed by atoms with Gasteiger partial charge in [0.1, 0.15) is 17.4 Å². The molecule has 94 valence electrons. The van der Waals surface area contributed by atoms with Crippen LogP contribution in [-0.2, 0) is 11.3 Å². The third-order valence-electron chi connectivity index (χ3n) is 2.47. The van der Waals surface area contributed by atoms with Gasteiger partial charge in [-0.3, -0.25) is 4.79 Å². The molecule has 1 aromatic carbocycles. The van der Waals surface area contributed by atoms with Crippen molar-refractivity contribution in [2.45, 2.75) is 13.5 Å². The van der Waals surface area contributed by atoms with Crippen LogP contribution in [0.2, 0.25) is 0 Å². The summed E-state index contributed by atoms with van der Waals surface area (Å²) in [6.07, 6.45) is 0. The second kappa shape index (κ2) is 6.30. The van der Waals surface area contributed by atoms with Crippen molar-refractivity contribution >= 4 is 5.91 Å². The Morgan fingerprint density at radius 1 is 1.50 bits per heavy atom. The number of hydrogen-bond acceptors (Lipinski definition) is 4. The lowest BCUT2D eigenvalue weighted by Crippen LogP contribution is -2.20. The Morgan fingerprint density at radius 2 is 2.17 bits per heavy atom. The molecule has 0 unspecified atom stereocenters. The number of nitrogens with two attached hydrogens (primary N) is 1. The average molecular weight is 245 g/mol. The average Bonchev–Trinajstić information content (AvgIpc) is 2.37. The van der Waals surface area contributed by atoms with Gasteiger partial charge in [-0.1, -0.05) is 18.2 Å². The summed E-state index contributed by atoms with van der Waals surface area (Å²) in [5.74, 6) is 0.0120. The molecular weight excluding hydrogens is 230 g/mol. The molecule has 1 aromatic rings. The number of nitrogens with one attached hydrogen (secondary N) is 1. The molecule has 0 saturated heterocycles. The van der Waals surface area contributed by atoms with Crippen molar-refractivity contribution in [3.8, 4) is 11.8 Å². The van der Waals surface area contributed by atoms with Crippen molar-refractivity contribution in [2.75, 3.05) is 7.11 Å². The Hall–Kier alpha value is -2.48. The number of carbonyl (C=O) groups excluding carboxylic acids is 1. The first-order chi connectivity index (χ1) is 8.60. The molecule has 0 spiro atoms. The molecular formula is C13H15N3O2. The van der Waals surface area contributed by atoms with Crippen molar-refractivity contribution in [3.05, 3.63) is 41.1 Å². The van der Waals surface area contributed by atoms with E-state index in [0.717, 1.165) is 11.3 Å². The molecule has 3 N–H and O–H groups in total. The highest BCUT2D eigenvalue weighted by molar-refractivity contribution is 5.96. The zero-order chi connectivity index (χ0) is 13.5. The van der Waals surface area contributed by atoms with Crippen molar-refractivity contribution < 1.29 is 9.53 Å². The van der Waals surface area contributed by atoms with Gasteiger partial charge in [0.15, 0.2) is 0 Å². The maximum absolute atomic E-state index is 11.0. The molecule has 18 heavy (non-hydrogen) atoms. The molecule has 1 amide bonds. The summed E-state index contributed by atoms with van der Waals surface area (Å²) in [5, 5.41) is 11.8. The summed E-state index contributed by atoms with van der Waals surface area (Å²) in [6.45, 7) is 2.09. The van der Waals surface area contributed by atoms with E-state index in [1.807, 2.05) is 24.3 Å². The van der Waals surface area contributed by atoms with Gasteiger partial charge in [-0.2, -0.15) is 5.26 Å². The van der Waals surface area contributed by atoms with E-state index >= 15 is 0 Å². The second-order valence-electron chi connectivity index (χ2n) is 3.64. The molecule has 5 heteroatoms. The SMILES string of the molecule is COc1ccccc1CNC(C)=C(C#N)C(N)=O. The highest BCUT2D eigenvalue weighted by Crippen LogP contribution is 2.17. The van der Waals surface area contributed by atoms with Gasteiger partial charge in [-0.05, 0) is 13.0 Å². The standard InChI is InChI=1S/C13H15N3O2/c1-9(11(7-14)13(15)17)16-8-10-5-3-4-6-12(10)18-2/h3-6,16H,8H2,1-2H3,(H2,15,17). The summed E-state index contributed by atoms with van der Waals surface area (Å²) < 4.78 is 5.20. The summed E-state index contributed by atoms with van der Waals surface area (Å²) in [4.78, 5) is 11.0. The first kappa shape index (κ1) is 13.6. The van der Waals surface area contributed by atoms with Crippen LogP contribution in [0.3, 0.4) is 0 Å². The van der Waals surface area contributed by atoms with Crippen LogP contribution in [0.1, 0.15) is 12.5 Å². The number of rotatable bonds is 5. The highest BCUT2D eigenvalue weighted by Gasteiger charge is 2.09. The van der Waals surface area contributed by atoms with Gasteiger partial charge in [0.25, 0.3) is 5.91 Å². The lowest BCUT2D eigenvalue weighted by molar-refractivity contribution is -0.114. The van der Waals surface area contributed by atoms with Crippen LogP contribution in [-0.4, -0.2) is 13.0 Å². The first-order valence-electron chi connectivity index (χ1n) is 5.36. The highest BCUT2D eigenvalue weighted by atomic mass is 16.5. The van der Waals surface area contributed by atoms with E-state index in [0.29, 0.717) is 12.2 Å². The van der Waals surface area contributed by atoms with Gasteiger partial charge in [0, 0.05) is 17.8 Å². The van der Waals surface area contributed by atoms with Crippen LogP contribution >= 0.6 is 0 Å². The molecule has 0 radical (unpaired) electrons. The molecule has 0 aliphatic rings. The predicted octanol–water partition coefficient (Wildman–Crippen LogP) is 1.07. The maximum atomic E-state index is 11.0. The van der Waals surface area contributed by atoms with Crippen LogP contribution < -0.4 is 15.8 Å². The van der Waals surface area contributed by atoms with Gasteiger partial charge in [-0.15, -0.1) is 0 Å². The number of amides is 1. The number of carbonyl (C=O) groups is 1. The number of primary amides is 1. The molecule has 1 rings (SSSR count). The van der Waals surface area contributed by atoms with Gasteiger partial charge < -0.3 is 15.8 Å². The van der Waals surface area contributed by atoms with E-state index < -0.39 is 5.91 Å². The molecule has 0 aliphatic carbocycles. The van der Waals surface area contributed by atoms with Crippen molar-refractivity contribution in [1.82, 2.24) is 5.32 Å². The number of para-hydroxylation sites is 1. The molecule has 0 heterocycles. The molecule has 0 fully saturated rings. The minimum atomic E-state index is -0.734. The van der Waals surface area contributed by atoms with Crippen LogP contribution in [0.5, 0.6) is 5.75 Å². The second-order valence-corrected chi connectivity index (χ2v) is 3.64. The van der Waals surface area contributed by atoms with E-state index in [2.05, 4.69) is 5.32 Å². The van der Waals surface area contributed by atoms with Crippen molar-refractivity contribution in [1.29, 1.82) is 5.26 Å². The van der Waals surface area contributed by atoms with Gasteiger partial charge in [0.2, 0.25) is 0 Å². The van der Waals surface area contributed by atoms with E-state index in [1.54, 1.807) is 20.1 Å². The zero-order valence-corrected chi connectivity index (χ0v) is 10.4. The molecule has 0 saturated carbocycles. The number of hydrogen-bond donors (Lipinski definition) is 2. The Balaban J connectivity index is 2.83. The Kier molecular flexibility index (Phi) is 4.76. The quantitative estimate of drug-likeness (QED) is 0.600. The van der Waals surface area contributed by atoms with E-state index in [1.165, 1.54) is 0 Å². The minimum absolute atomic E-state index is 0.0649. The Labute approximate surface area is 106 Å². The maximum Gasteiger partial charge on any atom is 0.261 e. The lowest BCUT2D eigenvalue weighted by Gasteiger charge is -2.11. The number of benzene rings is 1. The number of nitriles is 1. The number of allylic oxidation sites excluding steroid dienone is 1. The van der Waals surface area contributed by atoms with E-state index in [-0.39, 0.29) is 5.57 Å².